The average molecular weight is 382 g/mol. The Balaban J connectivity index is 1.67. The van der Waals surface area contributed by atoms with Crippen molar-refractivity contribution in [3.05, 3.63) is 88.7 Å². The van der Waals surface area contributed by atoms with Gasteiger partial charge in [0.05, 0.1) is 0 Å². The number of hydrogen-bond acceptors (Lipinski definition) is 3. The average Bonchev–Trinajstić information content (AvgIpc) is 2.61. The zero-order valence-electron chi connectivity index (χ0n) is 12.9. The largest absolute Gasteiger partial charge is 0.381 e. The molecule has 24 heavy (non-hydrogen) atoms. The highest BCUT2D eigenvalue weighted by atomic mass is 79.9. The molecule has 1 amide bonds. The molecule has 0 aliphatic carbocycles. The summed E-state index contributed by atoms with van der Waals surface area (Å²) in [7, 11) is 0. The zero-order chi connectivity index (χ0) is 16.8. The fourth-order valence-corrected chi connectivity index (χ4v) is 2.63. The highest BCUT2D eigenvalue weighted by Gasteiger charge is 2.08. The summed E-state index contributed by atoms with van der Waals surface area (Å²) in [6.45, 7) is 0.692. The van der Waals surface area contributed by atoms with Crippen LogP contribution in [0.4, 0.5) is 11.4 Å². The summed E-state index contributed by atoms with van der Waals surface area (Å²) in [4.78, 5) is 16.5. The monoisotopic (exact) mass is 381 g/mol. The second kappa shape index (κ2) is 7.75. The lowest BCUT2D eigenvalue weighted by Crippen LogP contribution is -2.14. The van der Waals surface area contributed by atoms with Gasteiger partial charge in [0.2, 0.25) is 0 Å². The molecule has 2 N–H and O–H groups in total. The molecular weight excluding hydrogens is 366 g/mol. The van der Waals surface area contributed by atoms with Crippen molar-refractivity contribution in [2.75, 3.05) is 10.6 Å². The molecule has 1 heterocycles. The molecule has 0 aliphatic rings. The van der Waals surface area contributed by atoms with E-state index in [0.717, 1.165) is 15.8 Å². The van der Waals surface area contributed by atoms with Crippen LogP contribution in [0.3, 0.4) is 0 Å². The number of hydrogen-bond donors (Lipinski definition) is 2. The van der Waals surface area contributed by atoms with E-state index in [2.05, 4.69) is 43.7 Å². The lowest BCUT2D eigenvalue weighted by Gasteiger charge is -2.09. The van der Waals surface area contributed by atoms with E-state index < -0.39 is 0 Å². The van der Waals surface area contributed by atoms with E-state index in [1.165, 1.54) is 5.56 Å². The van der Waals surface area contributed by atoms with E-state index >= 15 is 0 Å². The van der Waals surface area contributed by atoms with Crippen LogP contribution >= 0.6 is 15.9 Å². The third-order valence-electron chi connectivity index (χ3n) is 3.41. The molecule has 0 saturated heterocycles. The van der Waals surface area contributed by atoms with Gasteiger partial charge in [-0.15, -0.1) is 0 Å². The van der Waals surface area contributed by atoms with Gasteiger partial charge in [-0.05, 0) is 35.9 Å². The summed E-state index contributed by atoms with van der Waals surface area (Å²) in [6, 6.07) is 21.1. The van der Waals surface area contributed by atoms with Crippen LogP contribution in [0.15, 0.2) is 77.4 Å². The summed E-state index contributed by atoms with van der Waals surface area (Å²) < 4.78 is 0.909. The molecule has 0 saturated carbocycles. The van der Waals surface area contributed by atoms with Crippen molar-refractivity contribution in [2.24, 2.45) is 0 Å². The molecule has 0 radical (unpaired) electrons. The van der Waals surface area contributed by atoms with Gasteiger partial charge in [0.25, 0.3) is 5.91 Å². The van der Waals surface area contributed by atoms with E-state index in [1.54, 1.807) is 12.3 Å². The van der Waals surface area contributed by atoms with Gasteiger partial charge in [-0.2, -0.15) is 0 Å². The Kier molecular flexibility index (Phi) is 5.23. The maximum Gasteiger partial charge on any atom is 0.274 e. The first-order valence-corrected chi connectivity index (χ1v) is 8.31. The molecule has 5 heteroatoms. The molecule has 120 valence electrons. The SMILES string of the molecule is O=C(Nc1cccc(Br)c1)c1cc(NCc2ccccc2)ccn1. The van der Waals surface area contributed by atoms with Gasteiger partial charge in [0.15, 0.2) is 0 Å². The highest BCUT2D eigenvalue weighted by Crippen LogP contribution is 2.17. The van der Waals surface area contributed by atoms with E-state index in [9.17, 15) is 4.79 Å². The number of aromatic nitrogens is 1. The number of benzene rings is 2. The van der Waals surface area contributed by atoms with Crippen molar-refractivity contribution < 1.29 is 4.79 Å². The van der Waals surface area contributed by atoms with Crippen LogP contribution in [-0.2, 0) is 6.54 Å². The summed E-state index contributed by atoms with van der Waals surface area (Å²) in [5.74, 6) is -0.239. The minimum atomic E-state index is -0.239. The van der Waals surface area contributed by atoms with Crippen molar-refractivity contribution >= 4 is 33.2 Å². The molecule has 0 fully saturated rings. The Bertz CT molecular complexity index is 837. The maximum absolute atomic E-state index is 12.3. The van der Waals surface area contributed by atoms with E-state index in [0.29, 0.717) is 12.2 Å². The topological polar surface area (TPSA) is 54.0 Å². The van der Waals surface area contributed by atoms with Crippen molar-refractivity contribution in [3.8, 4) is 0 Å². The zero-order valence-corrected chi connectivity index (χ0v) is 14.5. The number of carbonyl (C=O) groups excluding carboxylic acids is 1. The van der Waals surface area contributed by atoms with E-state index in [1.807, 2.05) is 48.5 Å². The molecule has 0 aliphatic heterocycles. The van der Waals surface area contributed by atoms with Gasteiger partial charge in [-0.3, -0.25) is 9.78 Å². The Hall–Kier alpha value is -2.66. The smallest absolute Gasteiger partial charge is 0.274 e. The standard InChI is InChI=1S/C19H16BrN3O/c20-15-7-4-8-17(11-15)23-19(24)18-12-16(9-10-21-18)22-13-14-5-2-1-3-6-14/h1-12H,13H2,(H,21,22)(H,23,24). The Morgan fingerprint density at radius 1 is 0.958 bits per heavy atom. The van der Waals surface area contributed by atoms with Crippen molar-refractivity contribution in [3.63, 3.8) is 0 Å². The molecule has 0 unspecified atom stereocenters. The predicted molar refractivity (Wildman–Crippen MR) is 100 cm³/mol. The van der Waals surface area contributed by atoms with Gasteiger partial charge in [0, 0.05) is 28.6 Å². The predicted octanol–water partition coefficient (Wildman–Crippen LogP) is 4.71. The van der Waals surface area contributed by atoms with Crippen LogP contribution in [0, 0.1) is 0 Å². The minimum absolute atomic E-state index is 0.239. The summed E-state index contributed by atoms with van der Waals surface area (Å²) in [5, 5.41) is 6.14. The summed E-state index contributed by atoms with van der Waals surface area (Å²) in [6.07, 6.45) is 1.63. The Labute approximate surface area is 149 Å². The molecule has 0 atom stereocenters. The molecule has 3 aromatic rings. The third-order valence-corrected chi connectivity index (χ3v) is 3.91. The highest BCUT2D eigenvalue weighted by molar-refractivity contribution is 9.10. The number of anilines is 2. The Morgan fingerprint density at radius 3 is 2.58 bits per heavy atom. The van der Waals surface area contributed by atoms with Crippen LogP contribution in [0.2, 0.25) is 0 Å². The normalized spacial score (nSPS) is 10.2. The number of pyridine rings is 1. The lowest BCUT2D eigenvalue weighted by atomic mass is 10.2. The van der Waals surface area contributed by atoms with Crippen molar-refractivity contribution in [2.45, 2.75) is 6.54 Å². The maximum atomic E-state index is 12.3. The van der Waals surface area contributed by atoms with Gasteiger partial charge < -0.3 is 10.6 Å². The first kappa shape index (κ1) is 16.2. The van der Waals surface area contributed by atoms with Crippen LogP contribution in [0.25, 0.3) is 0 Å². The third kappa shape index (κ3) is 4.43. The number of rotatable bonds is 5. The van der Waals surface area contributed by atoms with Crippen molar-refractivity contribution in [1.82, 2.24) is 4.98 Å². The van der Waals surface area contributed by atoms with Crippen LogP contribution in [0.5, 0.6) is 0 Å². The van der Waals surface area contributed by atoms with Crippen LogP contribution in [0.1, 0.15) is 16.1 Å². The first-order valence-electron chi connectivity index (χ1n) is 7.51. The van der Waals surface area contributed by atoms with Gasteiger partial charge in [-0.25, -0.2) is 0 Å². The molecule has 0 spiro atoms. The molecule has 4 nitrogen and oxygen atoms in total. The molecular formula is C19H16BrN3O. The van der Waals surface area contributed by atoms with E-state index in [4.69, 9.17) is 0 Å². The molecule has 2 aromatic carbocycles. The number of nitrogens with zero attached hydrogens (tertiary/aromatic N) is 1. The Morgan fingerprint density at radius 2 is 1.79 bits per heavy atom. The number of amides is 1. The van der Waals surface area contributed by atoms with Crippen LogP contribution in [-0.4, -0.2) is 10.9 Å². The number of carbonyl (C=O) groups is 1. The van der Waals surface area contributed by atoms with Gasteiger partial charge in [0.1, 0.15) is 5.69 Å². The second-order valence-electron chi connectivity index (χ2n) is 5.23. The quantitative estimate of drug-likeness (QED) is 0.672. The second-order valence-corrected chi connectivity index (χ2v) is 6.15. The van der Waals surface area contributed by atoms with Crippen LogP contribution < -0.4 is 10.6 Å². The first-order chi connectivity index (χ1) is 11.7. The lowest BCUT2D eigenvalue weighted by molar-refractivity contribution is 0.102. The van der Waals surface area contributed by atoms with Gasteiger partial charge >= 0.3 is 0 Å². The summed E-state index contributed by atoms with van der Waals surface area (Å²) >= 11 is 3.39. The summed E-state index contributed by atoms with van der Waals surface area (Å²) in [5.41, 5.74) is 3.12. The van der Waals surface area contributed by atoms with Gasteiger partial charge in [-0.1, -0.05) is 52.3 Å². The fourth-order valence-electron chi connectivity index (χ4n) is 2.23. The molecule has 1 aromatic heterocycles. The van der Waals surface area contributed by atoms with Crippen molar-refractivity contribution in [1.29, 1.82) is 0 Å². The molecule has 3 rings (SSSR count). The number of halogens is 1. The number of nitrogens with one attached hydrogen (secondary N) is 2. The van der Waals surface area contributed by atoms with E-state index in [-0.39, 0.29) is 5.91 Å². The fraction of sp³-hybridized carbons (Fsp3) is 0.0526. The minimum Gasteiger partial charge on any atom is -0.381 e. The molecule has 0 bridgehead atoms.